The largest absolute Gasteiger partial charge is 0.366 e. The summed E-state index contributed by atoms with van der Waals surface area (Å²) < 4.78 is 0. The molecule has 1 saturated carbocycles. The van der Waals surface area contributed by atoms with Crippen LogP contribution in [0.1, 0.15) is 30.5 Å². The summed E-state index contributed by atoms with van der Waals surface area (Å²) >= 11 is 0. The lowest BCUT2D eigenvalue weighted by Crippen LogP contribution is -2.21. The number of nitriles is 1. The van der Waals surface area contributed by atoms with Crippen LogP contribution < -0.4 is 10.6 Å². The molecule has 126 valence electrons. The van der Waals surface area contributed by atoms with Crippen molar-refractivity contribution in [1.29, 1.82) is 5.26 Å². The molecule has 7 heteroatoms. The summed E-state index contributed by atoms with van der Waals surface area (Å²) in [6.45, 7) is 1.84. The molecule has 2 N–H and O–H groups in total. The molecule has 2 heterocycles. The number of nitrogens with zero attached hydrogens (tertiary/aromatic N) is 3. The molecule has 0 amide bonds. The van der Waals surface area contributed by atoms with Crippen molar-refractivity contribution in [2.24, 2.45) is 0 Å². The first-order chi connectivity index (χ1) is 10.8. The molecular weight excluding hydrogens is 345 g/mol. The van der Waals surface area contributed by atoms with Crippen molar-refractivity contribution in [2.45, 2.75) is 25.3 Å². The zero-order valence-electron chi connectivity index (χ0n) is 13.1. The van der Waals surface area contributed by atoms with Crippen LogP contribution in [0, 0.1) is 11.3 Å². The van der Waals surface area contributed by atoms with Crippen LogP contribution >= 0.6 is 24.8 Å². The van der Waals surface area contributed by atoms with E-state index in [4.69, 9.17) is 15.2 Å². The molecule has 0 bridgehead atoms. The number of nitrogens with one attached hydrogen (secondary N) is 2. The molecule has 1 aliphatic heterocycles. The Labute approximate surface area is 153 Å². The number of hydrogen-bond donors (Lipinski definition) is 2. The summed E-state index contributed by atoms with van der Waals surface area (Å²) in [6, 6.07) is 8.18. The van der Waals surface area contributed by atoms with Crippen molar-refractivity contribution in [2.75, 3.05) is 18.4 Å². The number of fused-ring (bicyclic) bond motifs is 1. The number of rotatable bonds is 3. The third-order valence-electron chi connectivity index (χ3n) is 4.08. The van der Waals surface area contributed by atoms with Gasteiger partial charge in [0.05, 0.1) is 22.7 Å². The smallest absolute Gasteiger partial charge is 0.153 e. The van der Waals surface area contributed by atoms with Gasteiger partial charge in [0.2, 0.25) is 0 Å². The Morgan fingerprint density at radius 1 is 1.17 bits per heavy atom. The van der Waals surface area contributed by atoms with E-state index in [1.54, 1.807) is 6.07 Å². The molecule has 2 aromatic rings. The molecule has 0 saturated heterocycles. The van der Waals surface area contributed by atoms with E-state index in [1.165, 1.54) is 18.4 Å². The van der Waals surface area contributed by atoms with Gasteiger partial charge in [-0.15, -0.1) is 24.8 Å². The summed E-state index contributed by atoms with van der Waals surface area (Å²) in [6.07, 6.45) is 5.54. The van der Waals surface area contributed by atoms with Crippen LogP contribution in [-0.4, -0.2) is 29.1 Å². The van der Waals surface area contributed by atoms with E-state index in [0.717, 1.165) is 42.1 Å². The van der Waals surface area contributed by atoms with Crippen molar-refractivity contribution in [3.05, 3.63) is 35.5 Å². The van der Waals surface area contributed by atoms with Crippen molar-refractivity contribution in [3.8, 4) is 6.07 Å². The predicted octanol–water partition coefficient (Wildman–Crippen LogP) is 3.30. The average molecular weight is 364 g/mol. The molecule has 1 aliphatic carbocycles. The van der Waals surface area contributed by atoms with Gasteiger partial charge in [-0.25, -0.2) is 9.97 Å². The molecule has 0 unspecified atom stereocenters. The molecule has 0 radical (unpaired) electrons. The highest BCUT2D eigenvalue weighted by Gasteiger charge is 2.24. The molecule has 1 aromatic carbocycles. The summed E-state index contributed by atoms with van der Waals surface area (Å²) in [5.74, 6) is 0.882. The minimum Gasteiger partial charge on any atom is -0.366 e. The number of anilines is 1. The second kappa shape index (κ2) is 7.80. The highest BCUT2D eigenvalue weighted by Crippen LogP contribution is 2.31. The Hall–Kier alpha value is -1.87. The van der Waals surface area contributed by atoms with Gasteiger partial charge in [-0.1, -0.05) is 6.08 Å². The van der Waals surface area contributed by atoms with E-state index in [2.05, 4.69) is 22.8 Å². The summed E-state index contributed by atoms with van der Waals surface area (Å²) in [4.78, 5) is 9.58. The minimum absolute atomic E-state index is 0. The molecule has 5 nitrogen and oxygen atoms in total. The lowest BCUT2D eigenvalue weighted by Gasteiger charge is -2.17. The zero-order valence-corrected chi connectivity index (χ0v) is 14.7. The summed E-state index contributed by atoms with van der Waals surface area (Å²) in [5.41, 5.74) is 4.42. The van der Waals surface area contributed by atoms with Crippen LogP contribution in [-0.2, 0) is 0 Å². The monoisotopic (exact) mass is 363 g/mol. The van der Waals surface area contributed by atoms with E-state index in [-0.39, 0.29) is 24.8 Å². The topological polar surface area (TPSA) is 73.6 Å². The number of halogens is 2. The second-order valence-corrected chi connectivity index (χ2v) is 5.84. The number of benzene rings is 1. The van der Waals surface area contributed by atoms with Gasteiger partial charge in [0, 0.05) is 12.6 Å². The normalized spacial score (nSPS) is 16.4. The molecule has 0 spiro atoms. The first-order valence-corrected chi connectivity index (χ1v) is 7.72. The third kappa shape index (κ3) is 3.78. The predicted molar refractivity (Wildman–Crippen MR) is 101 cm³/mol. The van der Waals surface area contributed by atoms with E-state index < -0.39 is 0 Å². The highest BCUT2D eigenvalue weighted by molar-refractivity contribution is 5.86. The van der Waals surface area contributed by atoms with Gasteiger partial charge in [0.1, 0.15) is 5.69 Å². The Balaban J connectivity index is 0.00000104. The van der Waals surface area contributed by atoms with Crippen LogP contribution in [0.2, 0.25) is 0 Å². The number of aromatic nitrogens is 2. The first kappa shape index (κ1) is 18.5. The summed E-state index contributed by atoms with van der Waals surface area (Å²) in [5, 5.41) is 15.9. The average Bonchev–Trinajstić information content (AvgIpc) is 3.38. The van der Waals surface area contributed by atoms with Crippen LogP contribution in [0.4, 0.5) is 5.82 Å². The Morgan fingerprint density at radius 3 is 2.67 bits per heavy atom. The maximum Gasteiger partial charge on any atom is 0.153 e. The second-order valence-electron chi connectivity index (χ2n) is 5.84. The first-order valence-electron chi connectivity index (χ1n) is 7.72. The van der Waals surface area contributed by atoms with Gasteiger partial charge >= 0.3 is 0 Å². The molecule has 1 aromatic heterocycles. The van der Waals surface area contributed by atoms with E-state index >= 15 is 0 Å². The van der Waals surface area contributed by atoms with Crippen molar-refractivity contribution in [1.82, 2.24) is 15.3 Å². The molecule has 2 aliphatic rings. The van der Waals surface area contributed by atoms with Gasteiger partial charge in [0.25, 0.3) is 0 Å². The molecular formula is C17H19Cl2N5. The van der Waals surface area contributed by atoms with Crippen LogP contribution in [0.3, 0.4) is 0 Å². The standard InChI is InChI=1S/C17H17N5.2ClH/c18-10-11-1-4-14-15(9-11)21-16(12-5-7-19-8-6-12)17(22-14)20-13-2-3-13;;/h1,4-5,9,13,19H,2-3,6-8H2,(H,20,22);2*1H. The fraction of sp³-hybridized carbons (Fsp3) is 0.353. The van der Waals surface area contributed by atoms with Crippen LogP contribution in [0.25, 0.3) is 16.6 Å². The lowest BCUT2D eigenvalue weighted by molar-refractivity contribution is 0.737. The van der Waals surface area contributed by atoms with Crippen LogP contribution in [0.5, 0.6) is 0 Å². The maximum atomic E-state index is 9.07. The minimum atomic E-state index is 0. The van der Waals surface area contributed by atoms with Gasteiger partial charge in [-0.05, 0) is 49.6 Å². The maximum absolute atomic E-state index is 9.07. The molecule has 1 fully saturated rings. The van der Waals surface area contributed by atoms with Crippen molar-refractivity contribution in [3.63, 3.8) is 0 Å². The van der Waals surface area contributed by atoms with E-state index in [1.807, 2.05) is 12.1 Å². The quantitative estimate of drug-likeness (QED) is 0.874. The SMILES string of the molecule is Cl.Cl.N#Cc1ccc2nc(NC3CC3)c(C3=CCNCC3)nc2c1. The van der Waals surface area contributed by atoms with E-state index in [9.17, 15) is 0 Å². The Morgan fingerprint density at radius 2 is 2.00 bits per heavy atom. The third-order valence-corrected chi connectivity index (χ3v) is 4.08. The highest BCUT2D eigenvalue weighted by atomic mass is 35.5. The van der Waals surface area contributed by atoms with Crippen molar-refractivity contribution >= 4 is 47.2 Å². The van der Waals surface area contributed by atoms with E-state index in [0.29, 0.717) is 11.6 Å². The van der Waals surface area contributed by atoms with Gasteiger partial charge in [0.15, 0.2) is 5.82 Å². The van der Waals surface area contributed by atoms with Crippen LogP contribution in [0.15, 0.2) is 24.3 Å². The Bertz CT molecular complexity index is 808. The molecule has 4 rings (SSSR count). The fourth-order valence-electron chi connectivity index (χ4n) is 2.71. The summed E-state index contributed by atoms with van der Waals surface area (Å²) in [7, 11) is 0. The fourth-order valence-corrected chi connectivity index (χ4v) is 2.71. The lowest BCUT2D eigenvalue weighted by atomic mass is 10.0. The van der Waals surface area contributed by atoms with Gasteiger partial charge < -0.3 is 10.6 Å². The van der Waals surface area contributed by atoms with Crippen molar-refractivity contribution < 1.29 is 0 Å². The molecule has 0 atom stereocenters. The Kier molecular flexibility index (Phi) is 6.00. The van der Waals surface area contributed by atoms with Gasteiger partial charge in [-0.3, -0.25) is 0 Å². The molecule has 24 heavy (non-hydrogen) atoms. The zero-order chi connectivity index (χ0) is 14.9. The number of hydrogen-bond acceptors (Lipinski definition) is 5. The van der Waals surface area contributed by atoms with Gasteiger partial charge in [-0.2, -0.15) is 5.26 Å².